The summed E-state index contributed by atoms with van der Waals surface area (Å²) >= 11 is 0. The maximum absolute atomic E-state index is 11.5. The van der Waals surface area contributed by atoms with Crippen LogP contribution in [0.5, 0.6) is 5.75 Å². The zero-order valence-electron chi connectivity index (χ0n) is 11.4. The molecule has 1 aromatic rings. The molecular formula is C14H20N2O3. The normalized spacial score (nSPS) is 9.79. The van der Waals surface area contributed by atoms with Crippen LogP contribution in [-0.2, 0) is 9.59 Å². The van der Waals surface area contributed by atoms with E-state index >= 15 is 0 Å². The monoisotopic (exact) mass is 264 g/mol. The summed E-state index contributed by atoms with van der Waals surface area (Å²) in [5.41, 5.74) is 0.566. The molecule has 19 heavy (non-hydrogen) atoms. The predicted molar refractivity (Wildman–Crippen MR) is 74.2 cm³/mol. The summed E-state index contributed by atoms with van der Waals surface area (Å²) in [5, 5.41) is 5.42. The van der Waals surface area contributed by atoms with Crippen LogP contribution >= 0.6 is 0 Å². The van der Waals surface area contributed by atoms with Crippen LogP contribution in [0.2, 0.25) is 0 Å². The first kappa shape index (κ1) is 15.0. The molecule has 1 rings (SSSR count). The van der Waals surface area contributed by atoms with Gasteiger partial charge in [-0.2, -0.15) is 0 Å². The van der Waals surface area contributed by atoms with Crippen molar-refractivity contribution in [2.24, 2.45) is 0 Å². The number of hydrogen-bond acceptors (Lipinski definition) is 3. The zero-order chi connectivity index (χ0) is 14.1. The Kier molecular flexibility index (Phi) is 6.43. The number of carbonyl (C=O) groups is 2. The fraction of sp³-hybridized carbons (Fsp3) is 0.429. The zero-order valence-corrected chi connectivity index (χ0v) is 11.4. The molecule has 5 heteroatoms. The highest BCUT2D eigenvalue weighted by atomic mass is 16.5. The minimum Gasteiger partial charge on any atom is -0.482 e. The van der Waals surface area contributed by atoms with Crippen LogP contribution in [0.1, 0.15) is 26.7 Å². The number of amides is 2. The first-order valence-electron chi connectivity index (χ1n) is 6.39. The van der Waals surface area contributed by atoms with Gasteiger partial charge in [-0.05, 0) is 18.6 Å². The van der Waals surface area contributed by atoms with Crippen molar-refractivity contribution in [1.29, 1.82) is 0 Å². The number of unbranched alkanes of at least 4 members (excludes halogenated alkanes) is 1. The van der Waals surface area contributed by atoms with E-state index in [1.54, 1.807) is 24.3 Å². The fourth-order valence-electron chi connectivity index (χ4n) is 1.48. The molecule has 0 radical (unpaired) electrons. The van der Waals surface area contributed by atoms with Crippen molar-refractivity contribution in [3.8, 4) is 5.75 Å². The van der Waals surface area contributed by atoms with E-state index in [1.165, 1.54) is 6.92 Å². The van der Waals surface area contributed by atoms with Crippen molar-refractivity contribution >= 4 is 17.5 Å². The highest BCUT2D eigenvalue weighted by Crippen LogP contribution is 2.23. The Morgan fingerprint density at radius 2 is 2.00 bits per heavy atom. The molecule has 0 unspecified atom stereocenters. The van der Waals surface area contributed by atoms with Gasteiger partial charge in [0.15, 0.2) is 6.61 Å². The Labute approximate surface area is 113 Å². The number of nitrogens with one attached hydrogen (secondary N) is 2. The van der Waals surface area contributed by atoms with E-state index in [1.807, 2.05) is 0 Å². The van der Waals surface area contributed by atoms with Gasteiger partial charge in [0.05, 0.1) is 5.69 Å². The number of para-hydroxylation sites is 2. The van der Waals surface area contributed by atoms with E-state index in [0.717, 1.165) is 12.8 Å². The molecule has 0 saturated heterocycles. The second-order valence-electron chi connectivity index (χ2n) is 4.17. The molecule has 0 heterocycles. The first-order valence-corrected chi connectivity index (χ1v) is 6.39. The topological polar surface area (TPSA) is 67.4 Å². The summed E-state index contributed by atoms with van der Waals surface area (Å²) < 4.78 is 5.40. The van der Waals surface area contributed by atoms with Crippen LogP contribution in [-0.4, -0.2) is 25.0 Å². The van der Waals surface area contributed by atoms with E-state index in [9.17, 15) is 9.59 Å². The summed E-state index contributed by atoms with van der Waals surface area (Å²) in [6.45, 7) is 4.09. The standard InChI is InChI=1S/C14H20N2O3/c1-3-4-9-15-14(18)10-19-13-8-6-5-7-12(13)16-11(2)17/h5-8H,3-4,9-10H2,1-2H3,(H,15,18)(H,16,17). The predicted octanol–water partition coefficient (Wildman–Crippen LogP) is 1.94. The van der Waals surface area contributed by atoms with Gasteiger partial charge in [-0.15, -0.1) is 0 Å². The van der Waals surface area contributed by atoms with Crippen LogP contribution in [0, 0.1) is 0 Å². The summed E-state index contributed by atoms with van der Waals surface area (Å²) in [6, 6.07) is 7.02. The number of anilines is 1. The minimum atomic E-state index is -0.177. The fourth-order valence-corrected chi connectivity index (χ4v) is 1.48. The lowest BCUT2D eigenvalue weighted by molar-refractivity contribution is -0.123. The molecule has 104 valence electrons. The number of carbonyl (C=O) groups excluding carboxylic acids is 2. The van der Waals surface area contributed by atoms with E-state index in [4.69, 9.17) is 4.74 Å². The molecule has 0 aliphatic carbocycles. The van der Waals surface area contributed by atoms with E-state index < -0.39 is 0 Å². The Morgan fingerprint density at radius 3 is 2.68 bits per heavy atom. The minimum absolute atomic E-state index is 0.0552. The van der Waals surface area contributed by atoms with Crippen LogP contribution in [0.25, 0.3) is 0 Å². The molecular weight excluding hydrogens is 244 g/mol. The van der Waals surface area contributed by atoms with Gasteiger partial charge < -0.3 is 15.4 Å². The average molecular weight is 264 g/mol. The van der Waals surface area contributed by atoms with Crippen molar-refractivity contribution < 1.29 is 14.3 Å². The molecule has 0 aromatic heterocycles. The third-order valence-electron chi connectivity index (χ3n) is 2.41. The van der Waals surface area contributed by atoms with Crippen molar-refractivity contribution in [1.82, 2.24) is 5.32 Å². The average Bonchev–Trinajstić information content (AvgIpc) is 2.37. The van der Waals surface area contributed by atoms with Gasteiger partial charge in [0.1, 0.15) is 5.75 Å². The lowest BCUT2D eigenvalue weighted by Crippen LogP contribution is -2.29. The quantitative estimate of drug-likeness (QED) is 0.740. The highest BCUT2D eigenvalue weighted by Gasteiger charge is 2.07. The maximum Gasteiger partial charge on any atom is 0.257 e. The van der Waals surface area contributed by atoms with Crippen molar-refractivity contribution in [3.05, 3.63) is 24.3 Å². The lowest BCUT2D eigenvalue weighted by atomic mass is 10.3. The summed E-state index contributed by atoms with van der Waals surface area (Å²) in [6.07, 6.45) is 1.99. The molecule has 0 aliphatic rings. The van der Waals surface area contributed by atoms with E-state index in [-0.39, 0.29) is 18.4 Å². The first-order chi connectivity index (χ1) is 9.13. The van der Waals surface area contributed by atoms with E-state index in [0.29, 0.717) is 18.0 Å². The Balaban J connectivity index is 2.48. The second-order valence-corrected chi connectivity index (χ2v) is 4.17. The largest absolute Gasteiger partial charge is 0.482 e. The number of ether oxygens (including phenoxy) is 1. The smallest absolute Gasteiger partial charge is 0.257 e. The van der Waals surface area contributed by atoms with Crippen LogP contribution in [0.15, 0.2) is 24.3 Å². The van der Waals surface area contributed by atoms with Crippen molar-refractivity contribution in [2.75, 3.05) is 18.5 Å². The molecule has 0 saturated carbocycles. The van der Waals surface area contributed by atoms with Gasteiger partial charge in [0.25, 0.3) is 5.91 Å². The highest BCUT2D eigenvalue weighted by molar-refractivity contribution is 5.90. The second kappa shape index (κ2) is 8.13. The Hall–Kier alpha value is -2.04. The lowest BCUT2D eigenvalue weighted by Gasteiger charge is -2.11. The van der Waals surface area contributed by atoms with Crippen molar-refractivity contribution in [2.45, 2.75) is 26.7 Å². The van der Waals surface area contributed by atoms with Crippen LogP contribution in [0.4, 0.5) is 5.69 Å². The van der Waals surface area contributed by atoms with Crippen molar-refractivity contribution in [3.63, 3.8) is 0 Å². The maximum atomic E-state index is 11.5. The van der Waals surface area contributed by atoms with Gasteiger partial charge in [0.2, 0.25) is 5.91 Å². The van der Waals surface area contributed by atoms with Crippen LogP contribution < -0.4 is 15.4 Å². The molecule has 0 bridgehead atoms. The summed E-state index contributed by atoms with van der Waals surface area (Å²) in [4.78, 5) is 22.5. The van der Waals surface area contributed by atoms with Gasteiger partial charge in [-0.1, -0.05) is 25.5 Å². The summed E-state index contributed by atoms with van der Waals surface area (Å²) in [7, 11) is 0. The molecule has 0 atom stereocenters. The molecule has 2 amide bonds. The molecule has 0 spiro atoms. The third-order valence-corrected chi connectivity index (χ3v) is 2.41. The van der Waals surface area contributed by atoms with Crippen LogP contribution in [0.3, 0.4) is 0 Å². The number of benzene rings is 1. The van der Waals surface area contributed by atoms with Gasteiger partial charge >= 0.3 is 0 Å². The molecule has 2 N–H and O–H groups in total. The Bertz CT molecular complexity index is 432. The molecule has 5 nitrogen and oxygen atoms in total. The number of hydrogen-bond donors (Lipinski definition) is 2. The van der Waals surface area contributed by atoms with E-state index in [2.05, 4.69) is 17.6 Å². The number of rotatable bonds is 7. The molecule has 0 fully saturated rings. The van der Waals surface area contributed by atoms with Gasteiger partial charge in [-0.25, -0.2) is 0 Å². The summed E-state index contributed by atoms with van der Waals surface area (Å²) in [5.74, 6) is 0.151. The molecule has 1 aromatic carbocycles. The van der Waals surface area contributed by atoms with Gasteiger partial charge in [-0.3, -0.25) is 9.59 Å². The molecule has 0 aliphatic heterocycles. The SMILES string of the molecule is CCCCNC(=O)COc1ccccc1NC(C)=O. The third kappa shape index (κ3) is 5.90. The van der Waals surface area contributed by atoms with Gasteiger partial charge in [0, 0.05) is 13.5 Å². The Morgan fingerprint density at radius 1 is 1.26 bits per heavy atom.